The van der Waals surface area contributed by atoms with Gasteiger partial charge in [0.1, 0.15) is 10.9 Å². The Morgan fingerprint density at radius 3 is 2.75 bits per heavy atom. The maximum atomic E-state index is 5.97. The van der Waals surface area contributed by atoms with Gasteiger partial charge in [0.15, 0.2) is 0 Å². The van der Waals surface area contributed by atoms with Crippen LogP contribution in [0.2, 0.25) is 5.15 Å². The molecule has 1 aromatic heterocycles. The zero-order valence-corrected chi connectivity index (χ0v) is 14.0. The molecule has 102 valence electrons. The van der Waals surface area contributed by atoms with Crippen LogP contribution in [0.3, 0.4) is 0 Å². The van der Waals surface area contributed by atoms with Crippen LogP contribution < -0.4 is 4.74 Å². The van der Waals surface area contributed by atoms with Crippen LogP contribution in [0.5, 0.6) is 10.9 Å². The van der Waals surface area contributed by atoms with E-state index in [1.54, 1.807) is 0 Å². The Bertz CT molecular complexity index is 775. The van der Waals surface area contributed by atoms with Crippen molar-refractivity contribution in [3.63, 3.8) is 0 Å². The summed E-state index contributed by atoms with van der Waals surface area (Å²) in [5.74, 6) is 1.04. The van der Waals surface area contributed by atoms with E-state index in [-0.39, 0.29) is 0 Å². The molecule has 0 bridgehead atoms. The van der Waals surface area contributed by atoms with E-state index in [9.17, 15) is 0 Å². The largest absolute Gasteiger partial charge is 0.430 e. The summed E-state index contributed by atoms with van der Waals surface area (Å²) in [4.78, 5) is 4.96. The molecule has 0 saturated heterocycles. The van der Waals surface area contributed by atoms with E-state index >= 15 is 0 Å². The summed E-state index contributed by atoms with van der Waals surface area (Å²) in [7, 11) is 0. The summed E-state index contributed by atoms with van der Waals surface area (Å²) < 4.78 is 6.70. The number of hydrogen-bond acceptors (Lipinski definition) is 3. The zero-order valence-electron chi connectivity index (χ0n) is 10.1. The first-order valence-corrected chi connectivity index (χ1v) is 8.27. The molecule has 0 atom stereocenters. The van der Waals surface area contributed by atoms with Gasteiger partial charge in [0.25, 0.3) is 5.19 Å². The lowest BCUT2D eigenvalue weighted by atomic mass is 10.1. The lowest BCUT2D eigenvalue weighted by molar-refractivity contribution is 0.477. The smallest absolute Gasteiger partial charge is 0.280 e. The maximum absolute atomic E-state index is 5.97. The topological polar surface area (TPSA) is 22.1 Å². The van der Waals surface area contributed by atoms with Crippen LogP contribution in [0.1, 0.15) is 4.88 Å². The van der Waals surface area contributed by atoms with Crippen molar-refractivity contribution in [2.45, 2.75) is 5.88 Å². The molecule has 2 aromatic carbocycles. The highest BCUT2D eigenvalue weighted by Crippen LogP contribution is 2.38. The van der Waals surface area contributed by atoms with Crippen molar-refractivity contribution in [2.24, 2.45) is 0 Å². The van der Waals surface area contributed by atoms with Crippen molar-refractivity contribution in [1.82, 2.24) is 4.98 Å². The highest BCUT2D eigenvalue weighted by molar-refractivity contribution is 9.10. The monoisotopic (exact) mass is 387 g/mol. The Balaban J connectivity index is 2.00. The van der Waals surface area contributed by atoms with E-state index in [1.807, 2.05) is 30.3 Å². The number of nitrogens with zero attached hydrogens (tertiary/aromatic N) is 1. The third-order valence-electron chi connectivity index (χ3n) is 2.78. The number of halogens is 3. The number of fused-ring (bicyclic) bond motifs is 1. The molecule has 0 unspecified atom stereocenters. The van der Waals surface area contributed by atoms with Crippen LogP contribution in [0.25, 0.3) is 10.8 Å². The third-order valence-corrected chi connectivity index (χ3v) is 5.38. The van der Waals surface area contributed by atoms with Crippen LogP contribution in [0.4, 0.5) is 0 Å². The first-order valence-electron chi connectivity index (χ1n) is 5.75. The minimum absolute atomic E-state index is 0.332. The van der Waals surface area contributed by atoms with Crippen molar-refractivity contribution in [3.8, 4) is 10.9 Å². The molecule has 20 heavy (non-hydrogen) atoms. The number of hydrogen-bond donors (Lipinski definition) is 0. The molecule has 0 fully saturated rings. The molecule has 6 heteroatoms. The number of thiazole rings is 1. The lowest BCUT2D eigenvalue weighted by Crippen LogP contribution is -1.85. The minimum atomic E-state index is 0.332. The molecule has 2 nitrogen and oxygen atoms in total. The highest BCUT2D eigenvalue weighted by Gasteiger charge is 2.12. The van der Waals surface area contributed by atoms with Gasteiger partial charge in [0.2, 0.25) is 0 Å². The molecule has 0 aliphatic carbocycles. The van der Waals surface area contributed by atoms with Gasteiger partial charge in [-0.3, -0.25) is 0 Å². The highest BCUT2D eigenvalue weighted by atomic mass is 79.9. The Kier molecular flexibility index (Phi) is 4.17. The van der Waals surface area contributed by atoms with Gasteiger partial charge in [-0.2, -0.15) is 4.98 Å². The summed E-state index contributed by atoms with van der Waals surface area (Å²) in [6.07, 6.45) is 0. The molecule has 0 aliphatic rings. The quantitative estimate of drug-likeness (QED) is 0.495. The zero-order chi connectivity index (χ0) is 14.1. The minimum Gasteiger partial charge on any atom is -0.430 e. The number of ether oxygens (including phenoxy) is 1. The fraction of sp³-hybridized carbons (Fsp3) is 0.0714. The molecular formula is C14H8BrCl2NOS. The number of alkyl halides is 1. The second-order valence-corrected chi connectivity index (χ2v) is 6.49. The molecule has 0 saturated carbocycles. The van der Waals surface area contributed by atoms with E-state index in [4.69, 9.17) is 27.9 Å². The Morgan fingerprint density at radius 2 is 2.00 bits per heavy atom. The average molecular weight is 389 g/mol. The summed E-state index contributed by atoms with van der Waals surface area (Å²) in [6, 6.07) is 12.0. The fourth-order valence-corrected chi connectivity index (χ4v) is 3.73. The molecular weight excluding hydrogens is 381 g/mol. The Hall–Kier alpha value is -0.810. The van der Waals surface area contributed by atoms with Crippen LogP contribution in [0.15, 0.2) is 40.9 Å². The van der Waals surface area contributed by atoms with Gasteiger partial charge in [0, 0.05) is 0 Å². The molecule has 0 amide bonds. The van der Waals surface area contributed by atoms with Crippen LogP contribution >= 0.6 is 50.5 Å². The maximum Gasteiger partial charge on any atom is 0.280 e. The number of benzene rings is 2. The number of aromatic nitrogens is 1. The van der Waals surface area contributed by atoms with E-state index in [1.165, 1.54) is 11.3 Å². The standard InChI is InChI=1S/C14H8BrCl2NOS/c15-12-9-4-2-1-3-8(9)5-6-10(12)19-14-18-13(17)11(7-16)20-14/h1-6H,7H2. The van der Waals surface area contributed by atoms with Crippen molar-refractivity contribution in [3.05, 3.63) is 50.9 Å². The van der Waals surface area contributed by atoms with Crippen LogP contribution in [0, 0.1) is 0 Å². The third kappa shape index (κ3) is 2.66. The Morgan fingerprint density at radius 1 is 1.20 bits per heavy atom. The van der Waals surface area contributed by atoms with Gasteiger partial charge < -0.3 is 4.74 Å². The van der Waals surface area contributed by atoms with Gasteiger partial charge in [0.05, 0.1) is 15.2 Å². The second-order valence-electron chi connectivity index (χ2n) is 4.03. The molecule has 0 aliphatic heterocycles. The van der Waals surface area contributed by atoms with Crippen molar-refractivity contribution < 1.29 is 4.74 Å². The van der Waals surface area contributed by atoms with Gasteiger partial charge >= 0.3 is 0 Å². The molecule has 1 heterocycles. The summed E-state index contributed by atoms with van der Waals surface area (Å²) in [5, 5.41) is 3.12. The summed E-state index contributed by atoms with van der Waals surface area (Å²) in [6.45, 7) is 0. The van der Waals surface area contributed by atoms with Crippen LogP contribution in [-0.2, 0) is 5.88 Å². The summed E-state index contributed by atoms with van der Waals surface area (Å²) in [5.41, 5.74) is 0. The fourth-order valence-electron chi connectivity index (χ4n) is 1.83. The predicted molar refractivity (Wildman–Crippen MR) is 88.4 cm³/mol. The number of rotatable bonds is 3. The molecule has 0 spiro atoms. The SMILES string of the molecule is ClCc1sc(Oc2ccc3ccccc3c2Br)nc1Cl. The van der Waals surface area contributed by atoms with Crippen LogP contribution in [-0.4, -0.2) is 4.98 Å². The van der Waals surface area contributed by atoms with E-state index in [0.717, 1.165) is 20.1 Å². The normalized spacial score (nSPS) is 10.9. The molecule has 0 N–H and O–H groups in total. The van der Waals surface area contributed by atoms with Crippen molar-refractivity contribution in [1.29, 1.82) is 0 Å². The molecule has 3 rings (SSSR count). The average Bonchev–Trinajstić information content (AvgIpc) is 2.82. The lowest BCUT2D eigenvalue weighted by Gasteiger charge is -2.07. The van der Waals surface area contributed by atoms with Gasteiger partial charge in [-0.15, -0.1) is 11.6 Å². The van der Waals surface area contributed by atoms with E-state index < -0.39 is 0 Å². The van der Waals surface area contributed by atoms with Crippen molar-refractivity contribution >= 4 is 61.2 Å². The molecule has 0 radical (unpaired) electrons. The first kappa shape index (κ1) is 14.1. The van der Waals surface area contributed by atoms with E-state index in [2.05, 4.69) is 27.0 Å². The predicted octanol–water partition coefficient (Wildman–Crippen LogP) is 6.24. The van der Waals surface area contributed by atoms with Gasteiger partial charge in [-0.25, -0.2) is 0 Å². The van der Waals surface area contributed by atoms with Gasteiger partial charge in [-0.1, -0.05) is 53.3 Å². The Labute approximate surface area is 138 Å². The van der Waals surface area contributed by atoms with Gasteiger partial charge in [-0.05, 0) is 32.8 Å². The molecule has 3 aromatic rings. The second kappa shape index (κ2) is 5.90. The first-order chi connectivity index (χ1) is 9.69. The van der Waals surface area contributed by atoms with Crippen molar-refractivity contribution in [2.75, 3.05) is 0 Å². The summed E-state index contributed by atoms with van der Waals surface area (Å²) >= 11 is 16.7. The van der Waals surface area contributed by atoms with E-state index in [0.29, 0.717) is 22.0 Å².